The van der Waals surface area contributed by atoms with Gasteiger partial charge >= 0.3 is 5.97 Å². The Morgan fingerprint density at radius 2 is 2.13 bits per heavy atom. The van der Waals surface area contributed by atoms with Crippen LogP contribution in [-0.4, -0.2) is 42.8 Å². The minimum atomic E-state index is -0.747. The standard InChI is InChI=1S/C16H21NO6/c1-9(2)22-14(19)7-17-12-5-11(8-18)6-13(21-4)15(12)23-10(3)16(17)20/h5-6,9-10,18H,7-8H2,1-4H3. The molecule has 1 N–H and O–H groups in total. The molecular formula is C16H21NO6. The minimum Gasteiger partial charge on any atom is -0.493 e. The number of aliphatic hydroxyl groups excluding tert-OH is 1. The molecule has 1 aliphatic heterocycles. The highest BCUT2D eigenvalue weighted by atomic mass is 16.5. The molecule has 7 nitrogen and oxygen atoms in total. The van der Waals surface area contributed by atoms with E-state index in [2.05, 4.69) is 0 Å². The van der Waals surface area contributed by atoms with Crippen molar-refractivity contribution < 1.29 is 28.9 Å². The second-order valence-corrected chi connectivity index (χ2v) is 5.53. The maximum absolute atomic E-state index is 12.4. The summed E-state index contributed by atoms with van der Waals surface area (Å²) in [5, 5.41) is 9.37. The Balaban J connectivity index is 2.43. The summed E-state index contributed by atoms with van der Waals surface area (Å²) in [5.74, 6) is -0.0978. The van der Waals surface area contributed by atoms with E-state index in [1.165, 1.54) is 12.0 Å². The third-order valence-electron chi connectivity index (χ3n) is 3.35. The minimum absolute atomic E-state index is 0.225. The van der Waals surface area contributed by atoms with E-state index >= 15 is 0 Å². The van der Waals surface area contributed by atoms with Gasteiger partial charge in [0.1, 0.15) is 6.54 Å². The molecule has 0 radical (unpaired) electrons. The van der Waals surface area contributed by atoms with Gasteiger partial charge in [-0.1, -0.05) is 0 Å². The van der Waals surface area contributed by atoms with Crippen LogP contribution in [0.2, 0.25) is 0 Å². The molecule has 1 unspecified atom stereocenters. The van der Waals surface area contributed by atoms with E-state index in [0.717, 1.165) is 0 Å². The zero-order valence-electron chi connectivity index (χ0n) is 13.7. The van der Waals surface area contributed by atoms with Gasteiger partial charge in [0.2, 0.25) is 0 Å². The van der Waals surface area contributed by atoms with Gasteiger partial charge in [0.05, 0.1) is 25.5 Å². The van der Waals surface area contributed by atoms with E-state index in [4.69, 9.17) is 14.2 Å². The average molecular weight is 323 g/mol. The maximum Gasteiger partial charge on any atom is 0.326 e. The Hall–Kier alpha value is -2.28. The number of amides is 1. The Kier molecular flexibility index (Phi) is 5.10. The average Bonchev–Trinajstić information content (AvgIpc) is 2.50. The van der Waals surface area contributed by atoms with Crippen molar-refractivity contribution in [2.24, 2.45) is 0 Å². The molecule has 1 heterocycles. The van der Waals surface area contributed by atoms with Crippen LogP contribution in [0.5, 0.6) is 11.5 Å². The molecule has 0 spiro atoms. The quantitative estimate of drug-likeness (QED) is 0.821. The van der Waals surface area contributed by atoms with Crippen molar-refractivity contribution in [3.05, 3.63) is 17.7 Å². The van der Waals surface area contributed by atoms with Gasteiger partial charge in [-0.3, -0.25) is 14.5 Å². The SMILES string of the molecule is COc1cc(CO)cc2c1OC(C)C(=O)N2CC(=O)OC(C)C. The van der Waals surface area contributed by atoms with Crippen LogP contribution in [0.15, 0.2) is 12.1 Å². The number of carbonyl (C=O) groups is 2. The summed E-state index contributed by atoms with van der Waals surface area (Å²) in [7, 11) is 1.47. The highest BCUT2D eigenvalue weighted by Gasteiger charge is 2.35. The summed E-state index contributed by atoms with van der Waals surface area (Å²) < 4.78 is 16.0. The highest BCUT2D eigenvalue weighted by Crippen LogP contribution is 2.42. The molecule has 0 aliphatic carbocycles. The van der Waals surface area contributed by atoms with E-state index in [-0.39, 0.29) is 25.2 Å². The van der Waals surface area contributed by atoms with Crippen LogP contribution < -0.4 is 14.4 Å². The molecule has 0 bridgehead atoms. The Bertz CT molecular complexity index is 613. The monoisotopic (exact) mass is 323 g/mol. The summed E-state index contributed by atoms with van der Waals surface area (Å²) in [5.41, 5.74) is 0.936. The maximum atomic E-state index is 12.4. The molecule has 1 atom stereocenters. The first-order valence-electron chi connectivity index (χ1n) is 7.36. The third-order valence-corrected chi connectivity index (χ3v) is 3.35. The lowest BCUT2D eigenvalue weighted by atomic mass is 10.1. The number of aliphatic hydroxyl groups is 1. The lowest BCUT2D eigenvalue weighted by molar-refractivity contribution is -0.146. The van der Waals surface area contributed by atoms with E-state index in [1.54, 1.807) is 32.9 Å². The van der Waals surface area contributed by atoms with E-state index in [1.807, 2.05) is 0 Å². The van der Waals surface area contributed by atoms with Crippen LogP contribution in [-0.2, 0) is 20.9 Å². The van der Waals surface area contributed by atoms with E-state index in [0.29, 0.717) is 22.7 Å². The molecule has 126 valence electrons. The lowest BCUT2D eigenvalue weighted by Gasteiger charge is -2.33. The molecule has 0 fully saturated rings. The van der Waals surface area contributed by atoms with Gasteiger partial charge < -0.3 is 19.3 Å². The van der Waals surface area contributed by atoms with Crippen molar-refractivity contribution in [2.75, 3.05) is 18.6 Å². The van der Waals surface area contributed by atoms with Crippen molar-refractivity contribution in [1.29, 1.82) is 0 Å². The van der Waals surface area contributed by atoms with Gasteiger partial charge in [-0.05, 0) is 38.5 Å². The molecule has 0 saturated heterocycles. The van der Waals surface area contributed by atoms with Gasteiger partial charge in [-0.25, -0.2) is 0 Å². The zero-order chi connectivity index (χ0) is 17.1. The Morgan fingerprint density at radius 3 is 2.70 bits per heavy atom. The third kappa shape index (κ3) is 3.56. The Morgan fingerprint density at radius 1 is 1.43 bits per heavy atom. The molecule has 1 aromatic rings. The predicted molar refractivity (Wildman–Crippen MR) is 82.6 cm³/mol. The van der Waals surface area contributed by atoms with Gasteiger partial charge in [0, 0.05) is 0 Å². The fourth-order valence-electron chi connectivity index (χ4n) is 2.36. The van der Waals surface area contributed by atoms with Crippen LogP contribution >= 0.6 is 0 Å². The Labute approximate surface area is 134 Å². The second kappa shape index (κ2) is 6.87. The zero-order valence-corrected chi connectivity index (χ0v) is 13.7. The van der Waals surface area contributed by atoms with Crippen LogP contribution in [0.25, 0.3) is 0 Å². The summed E-state index contributed by atoms with van der Waals surface area (Å²) >= 11 is 0. The van der Waals surface area contributed by atoms with Crippen LogP contribution in [0, 0.1) is 0 Å². The number of hydrogen-bond acceptors (Lipinski definition) is 6. The normalized spacial score (nSPS) is 16.9. The van der Waals surface area contributed by atoms with Crippen molar-refractivity contribution in [3.63, 3.8) is 0 Å². The van der Waals surface area contributed by atoms with Crippen molar-refractivity contribution in [1.82, 2.24) is 0 Å². The molecule has 1 aromatic carbocycles. The molecule has 0 saturated carbocycles. The highest BCUT2D eigenvalue weighted by molar-refractivity contribution is 6.03. The van der Waals surface area contributed by atoms with Gasteiger partial charge in [-0.2, -0.15) is 0 Å². The summed E-state index contributed by atoms with van der Waals surface area (Å²) in [4.78, 5) is 25.7. The van der Waals surface area contributed by atoms with Crippen LogP contribution in [0.4, 0.5) is 5.69 Å². The first-order valence-corrected chi connectivity index (χ1v) is 7.36. The van der Waals surface area contributed by atoms with Crippen LogP contribution in [0.3, 0.4) is 0 Å². The molecule has 23 heavy (non-hydrogen) atoms. The van der Waals surface area contributed by atoms with Crippen LogP contribution in [0.1, 0.15) is 26.3 Å². The molecule has 1 amide bonds. The van der Waals surface area contributed by atoms with Crippen molar-refractivity contribution in [3.8, 4) is 11.5 Å². The van der Waals surface area contributed by atoms with Gasteiger partial charge in [-0.15, -0.1) is 0 Å². The number of hydrogen-bond donors (Lipinski definition) is 1. The van der Waals surface area contributed by atoms with Crippen molar-refractivity contribution >= 4 is 17.6 Å². The smallest absolute Gasteiger partial charge is 0.326 e. The van der Waals surface area contributed by atoms with Gasteiger partial charge in [0.25, 0.3) is 5.91 Å². The summed E-state index contributed by atoms with van der Waals surface area (Å²) in [6, 6.07) is 3.23. The number of anilines is 1. The number of carbonyl (C=O) groups excluding carboxylic acids is 2. The summed E-state index contributed by atoms with van der Waals surface area (Å²) in [6.45, 7) is 4.63. The number of esters is 1. The van der Waals surface area contributed by atoms with E-state index < -0.39 is 12.1 Å². The number of nitrogens with zero attached hydrogens (tertiary/aromatic N) is 1. The number of methoxy groups -OCH3 is 1. The fourth-order valence-corrected chi connectivity index (χ4v) is 2.36. The van der Waals surface area contributed by atoms with Crippen molar-refractivity contribution in [2.45, 2.75) is 39.6 Å². The molecular weight excluding hydrogens is 302 g/mol. The lowest BCUT2D eigenvalue weighted by Crippen LogP contribution is -2.47. The predicted octanol–water partition coefficient (Wildman–Crippen LogP) is 1.25. The first kappa shape index (κ1) is 17.1. The number of fused-ring (bicyclic) bond motifs is 1. The van der Waals surface area contributed by atoms with E-state index in [9.17, 15) is 14.7 Å². The topological polar surface area (TPSA) is 85.3 Å². The fraction of sp³-hybridized carbons (Fsp3) is 0.500. The summed E-state index contributed by atoms with van der Waals surface area (Å²) in [6.07, 6.45) is -1.02. The number of rotatable bonds is 5. The second-order valence-electron chi connectivity index (χ2n) is 5.53. The molecule has 0 aromatic heterocycles. The van der Waals surface area contributed by atoms with Gasteiger partial charge in [0.15, 0.2) is 17.6 Å². The molecule has 1 aliphatic rings. The molecule has 7 heteroatoms. The largest absolute Gasteiger partial charge is 0.493 e. The molecule has 2 rings (SSSR count). The first-order chi connectivity index (χ1) is 10.9. The number of ether oxygens (including phenoxy) is 3. The number of benzene rings is 1.